The van der Waals surface area contributed by atoms with Crippen LogP contribution in [0.2, 0.25) is 0 Å². The number of aromatic nitrogens is 1. The molecule has 19 heavy (non-hydrogen) atoms. The third-order valence-electron chi connectivity index (χ3n) is 3.80. The third-order valence-corrected chi connectivity index (χ3v) is 3.80. The van der Waals surface area contributed by atoms with Crippen LogP contribution in [-0.4, -0.2) is 35.1 Å². The van der Waals surface area contributed by atoms with Gasteiger partial charge in [-0.3, -0.25) is 9.59 Å². The Bertz CT molecular complexity index is 518. The minimum atomic E-state index is -0.774. The molecule has 0 radical (unpaired) electrons. The second-order valence-electron chi connectivity index (χ2n) is 4.86. The molecule has 1 aliphatic rings. The van der Waals surface area contributed by atoms with Crippen molar-refractivity contribution in [2.45, 2.75) is 19.8 Å². The molecule has 0 saturated carbocycles. The van der Waals surface area contributed by atoms with Gasteiger partial charge in [-0.05, 0) is 25.0 Å². The molecule has 2 heterocycles. The van der Waals surface area contributed by atoms with Gasteiger partial charge in [0, 0.05) is 13.1 Å². The molecule has 102 valence electrons. The molecule has 1 unspecified atom stereocenters. The van der Waals surface area contributed by atoms with E-state index in [0.717, 1.165) is 0 Å². The molecule has 1 amide bonds. The Kier molecular flexibility index (Phi) is 3.42. The van der Waals surface area contributed by atoms with E-state index in [-0.39, 0.29) is 5.69 Å². The number of amides is 1. The number of rotatable bonds is 4. The van der Waals surface area contributed by atoms with Crippen molar-refractivity contribution in [1.29, 1.82) is 0 Å². The predicted molar refractivity (Wildman–Crippen MR) is 69.9 cm³/mol. The number of aliphatic carboxylic acids is 1. The zero-order valence-electron chi connectivity index (χ0n) is 10.8. The van der Waals surface area contributed by atoms with Crippen LogP contribution in [0.3, 0.4) is 0 Å². The Labute approximate surface area is 111 Å². The summed E-state index contributed by atoms with van der Waals surface area (Å²) in [5.74, 6) is -0.752. The first-order valence-corrected chi connectivity index (χ1v) is 6.24. The smallest absolute Gasteiger partial charge is 0.311 e. The fourth-order valence-corrected chi connectivity index (χ4v) is 2.42. The topological polar surface area (TPSA) is 96.5 Å². The lowest BCUT2D eigenvalue weighted by atomic mass is 9.84. The monoisotopic (exact) mass is 263 g/mol. The molecule has 2 rings (SSSR count). The quantitative estimate of drug-likeness (QED) is 0.840. The van der Waals surface area contributed by atoms with Crippen molar-refractivity contribution in [2.24, 2.45) is 11.1 Å². The second-order valence-corrected chi connectivity index (χ2v) is 4.86. The van der Waals surface area contributed by atoms with Crippen LogP contribution in [0.15, 0.2) is 18.2 Å². The Morgan fingerprint density at radius 2 is 2.26 bits per heavy atom. The van der Waals surface area contributed by atoms with E-state index in [4.69, 9.17) is 5.73 Å². The Morgan fingerprint density at radius 3 is 2.79 bits per heavy atom. The summed E-state index contributed by atoms with van der Waals surface area (Å²) in [6.45, 7) is 2.91. The van der Waals surface area contributed by atoms with E-state index in [0.29, 0.717) is 31.7 Å². The van der Waals surface area contributed by atoms with Gasteiger partial charge in [0.05, 0.1) is 5.41 Å². The summed E-state index contributed by atoms with van der Waals surface area (Å²) in [5, 5.41) is 9.35. The molecular weight excluding hydrogens is 246 g/mol. The number of nitrogens with two attached hydrogens (primary N) is 1. The average molecular weight is 263 g/mol. The lowest BCUT2D eigenvalue weighted by molar-refractivity contribution is -0.147. The summed E-state index contributed by atoms with van der Waals surface area (Å²) in [6, 6.07) is 5.02. The fraction of sp³-hybridized carbons (Fsp3) is 0.462. The van der Waals surface area contributed by atoms with Crippen LogP contribution in [0.25, 0.3) is 0 Å². The van der Waals surface area contributed by atoms with Crippen LogP contribution in [0.5, 0.6) is 0 Å². The van der Waals surface area contributed by atoms with E-state index < -0.39 is 17.3 Å². The van der Waals surface area contributed by atoms with Gasteiger partial charge in [0.2, 0.25) is 0 Å². The van der Waals surface area contributed by atoms with Crippen LogP contribution in [-0.2, 0) is 4.79 Å². The van der Waals surface area contributed by atoms with E-state index in [2.05, 4.69) is 4.98 Å². The molecule has 1 aliphatic heterocycles. The molecule has 1 aromatic rings. The van der Waals surface area contributed by atoms with Gasteiger partial charge in [0.15, 0.2) is 0 Å². The van der Waals surface area contributed by atoms with E-state index in [1.807, 2.05) is 11.8 Å². The van der Waals surface area contributed by atoms with Gasteiger partial charge in [0.25, 0.3) is 5.91 Å². The zero-order chi connectivity index (χ0) is 14.0. The summed E-state index contributed by atoms with van der Waals surface area (Å²) in [7, 11) is 0. The lowest BCUT2D eigenvalue weighted by Gasteiger charge is -2.23. The van der Waals surface area contributed by atoms with Crippen LogP contribution < -0.4 is 10.6 Å². The van der Waals surface area contributed by atoms with E-state index >= 15 is 0 Å². The SMILES string of the molecule is CCC1(C(=O)O)CCN(c2cccc(C(N)=O)n2)C1. The molecule has 1 saturated heterocycles. The first-order chi connectivity index (χ1) is 8.98. The van der Waals surface area contributed by atoms with Crippen molar-refractivity contribution < 1.29 is 14.7 Å². The van der Waals surface area contributed by atoms with Gasteiger partial charge < -0.3 is 15.7 Å². The van der Waals surface area contributed by atoms with Crippen LogP contribution in [0.1, 0.15) is 30.3 Å². The normalized spacial score (nSPS) is 22.5. The number of primary amides is 1. The average Bonchev–Trinajstić information content (AvgIpc) is 2.84. The number of carboxylic acid groups (broad SMARTS) is 1. The number of hydrogen-bond acceptors (Lipinski definition) is 4. The predicted octanol–water partition coefficient (Wildman–Crippen LogP) is 0.872. The Hall–Kier alpha value is -2.11. The van der Waals surface area contributed by atoms with E-state index in [1.165, 1.54) is 0 Å². The highest BCUT2D eigenvalue weighted by Gasteiger charge is 2.43. The molecule has 3 N–H and O–H groups in total. The molecule has 0 bridgehead atoms. The van der Waals surface area contributed by atoms with Crippen LogP contribution in [0, 0.1) is 5.41 Å². The number of carboxylic acids is 1. The largest absolute Gasteiger partial charge is 0.481 e. The lowest BCUT2D eigenvalue weighted by Crippen LogP contribution is -2.34. The molecule has 0 aromatic carbocycles. The van der Waals surface area contributed by atoms with Gasteiger partial charge in [-0.2, -0.15) is 0 Å². The van der Waals surface area contributed by atoms with Crippen molar-refractivity contribution in [1.82, 2.24) is 4.98 Å². The number of carbonyl (C=O) groups excluding carboxylic acids is 1. The maximum atomic E-state index is 11.4. The Balaban J connectivity index is 2.23. The zero-order valence-corrected chi connectivity index (χ0v) is 10.8. The van der Waals surface area contributed by atoms with Crippen molar-refractivity contribution in [3.63, 3.8) is 0 Å². The van der Waals surface area contributed by atoms with Crippen molar-refractivity contribution in [3.05, 3.63) is 23.9 Å². The summed E-state index contributed by atoms with van der Waals surface area (Å²) in [5.41, 5.74) is 4.67. The number of carbonyl (C=O) groups is 2. The maximum Gasteiger partial charge on any atom is 0.311 e. The molecule has 1 aromatic heterocycles. The number of nitrogens with zero attached hydrogens (tertiary/aromatic N) is 2. The summed E-state index contributed by atoms with van der Waals surface area (Å²) < 4.78 is 0. The molecule has 0 aliphatic carbocycles. The van der Waals surface area contributed by atoms with Gasteiger partial charge in [-0.15, -0.1) is 0 Å². The molecule has 1 atom stereocenters. The van der Waals surface area contributed by atoms with E-state index in [9.17, 15) is 14.7 Å². The van der Waals surface area contributed by atoms with Crippen molar-refractivity contribution in [3.8, 4) is 0 Å². The van der Waals surface area contributed by atoms with Gasteiger partial charge >= 0.3 is 5.97 Å². The Morgan fingerprint density at radius 1 is 1.53 bits per heavy atom. The first-order valence-electron chi connectivity index (χ1n) is 6.24. The van der Waals surface area contributed by atoms with Gasteiger partial charge in [-0.25, -0.2) is 4.98 Å². The van der Waals surface area contributed by atoms with Crippen molar-refractivity contribution in [2.75, 3.05) is 18.0 Å². The van der Waals surface area contributed by atoms with Crippen LogP contribution >= 0.6 is 0 Å². The number of anilines is 1. The van der Waals surface area contributed by atoms with E-state index in [1.54, 1.807) is 18.2 Å². The standard InChI is InChI=1S/C13H17N3O3/c1-2-13(12(18)19)6-7-16(8-13)10-5-3-4-9(15-10)11(14)17/h3-5H,2,6-8H2,1H3,(H2,14,17)(H,18,19). The first kappa shape index (κ1) is 13.3. The second kappa shape index (κ2) is 4.87. The molecule has 0 spiro atoms. The summed E-state index contributed by atoms with van der Waals surface area (Å²) in [4.78, 5) is 28.6. The van der Waals surface area contributed by atoms with Crippen molar-refractivity contribution >= 4 is 17.7 Å². The highest BCUT2D eigenvalue weighted by atomic mass is 16.4. The third kappa shape index (κ3) is 2.38. The molecular formula is C13H17N3O3. The summed E-state index contributed by atoms with van der Waals surface area (Å²) in [6.07, 6.45) is 1.16. The number of pyridine rings is 1. The molecule has 6 nitrogen and oxygen atoms in total. The van der Waals surface area contributed by atoms with Gasteiger partial charge in [-0.1, -0.05) is 13.0 Å². The highest BCUT2D eigenvalue weighted by Crippen LogP contribution is 2.36. The van der Waals surface area contributed by atoms with Gasteiger partial charge in [0.1, 0.15) is 11.5 Å². The maximum absolute atomic E-state index is 11.4. The minimum Gasteiger partial charge on any atom is -0.481 e. The minimum absolute atomic E-state index is 0.196. The highest BCUT2D eigenvalue weighted by molar-refractivity contribution is 5.91. The fourth-order valence-electron chi connectivity index (χ4n) is 2.42. The number of hydrogen-bond donors (Lipinski definition) is 2. The summed E-state index contributed by atoms with van der Waals surface area (Å²) >= 11 is 0. The molecule has 1 fully saturated rings. The molecule has 6 heteroatoms. The van der Waals surface area contributed by atoms with Crippen LogP contribution in [0.4, 0.5) is 5.82 Å².